The second-order valence-electron chi connectivity index (χ2n) is 4.62. The number of thiophene rings is 1. The van der Waals surface area contributed by atoms with E-state index in [9.17, 15) is 10.1 Å². The fourth-order valence-corrected chi connectivity index (χ4v) is 2.94. The number of nitriles is 1. The molecule has 0 atom stereocenters. The first kappa shape index (κ1) is 13.4. The zero-order valence-corrected chi connectivity index (χ0v) is 12.2. The number of pyridine rings is 1. The third-order valence-corrected chi connectivity index (χ3v) is 4.16. The van der Waals surface area contributed by atoms with Crippen molar-refractivity contribution in [1.29, 1.82) is 5.26 Å². The predicted octanol–water partition coefficient (Wildman–Crippen LogP) is 3.54. The van der Waals surface area contributed by atoms with Gasteiger partial charge in [-0.2, -0.15) is 5.26 Å². The molecule has 4 nitrogen and oxygen atoms in total. The molecule has 0 radical (unpaired) electrons. The molecule has 0 spiro atoms. The lowest BCUT2D eigenvalue weighted by atomic mass is 10.2. The summed E-state index contributed by atoms with van der Waals surface area (Å²) in [7, 11) is 0. The van der Waals surface area contributed by atoms with Gasteiger partial charge in [-0.1, -0.05) is 6.07 Å². The molecule has 104 valence electrons. The number of aryl methyl sites for hydroxylation is 1. The van der Waals surface area contributed by atoms with E-state index in [1.165, 1.54) is 11.3 Å². The molecule has 5 heteroatoms. The molecule has 3 rings (SSSR count). The van der Waals surface area contributed by atoms with Crippen LogP contribution in [-0.4, -0.2) is 10.4 Å². The molecule has 0 bridgehead atoms. The maximum Gasteiger partial charge on any atom is 0.348 e. The molecule has 0 unspecified atom stereocenters. The quantitative estimate of drug-likeness (QED) is 0.695. The van der Waals surface area contributed by atoms with Gasteiger partial charge < -0.3 is 9.14 Å². The van der Waals surface area contributed by atoms with Crippen molar-refractivity contribution in [1.82, 2.24) is 4.40 Å². The van der Waals surface area contributed by atoms with Gasteiger partial charge in [-0.05, 0) is 31.2 Å². The molecule has 0 saturated heterocycles. The summed E-state index contributed by atoms with van der Waals surface area (Å²) in [5.41, 5.74) is 2.08. The van der Waals surface area contributed by atoms with Crippen molar-refractivity contribution >= 4 is 22.8 Å². The highest BCUT2D eigenvalue weighted by Gasteiger charge is 2.14. The lowest BCUT2D eigenvalue weighted by Gasteiger charge is -2.01. The maximum absolute atomic E-state index is 11.9. The third kappa shape index (κ3) is 2.54. The number of esters is 1. The number of nitrogens with zero attached hydrogens (tertiary/aromatic N) is 2. The summed E-state index contributed by atoms with van der Waals surface area (Å²) in [5, 5.41) is 9.29. The van der Waals surface area contributed by atoms with Gasteiger partial charge in [-0.15, -0.1) is 11.3 Å². The second-order valence-corrected chi connectivity index (χ2v) is 5.91. The fourth-order valence-electron chi connectivity index (χ4n) is 2.17. The Morgan fingerprint density at radius 3 is 2.95 bits per heavy atom. The molecule has 3 heterocycles. The highest BCUT2D eigenvalue weighted by Crippen LogP contribution is 2.20. The molecule has 0 saturated carbocycles. The Bertz CT molecular complexity index is 855. The van der Waals surface area contributed by atoms with E-state index in [-0.39, 0.29) is 12.6 Å². The highest BCUT2D eigenvalue weighted by atomic mass is 32.1. The van der Waals surface area contributed by atoms with Crippen LogP contribution >= 0.6 is 11.3 Å². The first-order valence-corrected chi connectivity index (χ1v) is 7.23. The molecule has 0 amide bonds. The zero-order chi connectivity index (χ0) is 14.8. The molecule has 21 heavy (non-hydrogen) atoms. The van der Waals surface area contributed by atoms with Crippen LogP contribution in [0.25, 0.3) is 5.52 Å². The number of hydrogen-bond donors (Lipinski definition) is 0. The Morgan fingerprint density at radius 1 is 1.38 bits per heavy atom. The average molecular weight is 296 g/mol. The van der Waals surface area contributed by atoms with Gasteiger partial charge in [-0.3, -0.25) is 0 Å². The zero-order valence-electron chi connectivity index (χ0n) is 11.4. The van der Waals surface area contributed by atoms with Crippen molar-refractivity contribution in [2.24, 2.45) is 0 Å². The molecule has 0 aliphatic rings. The minimum Gasteiger partial charge on any atom is -0.457 e. The van der Waals surface area contributed by atoms with Gasteiger partial charge in [0.2, 0.25) is 0 Å². The Labute approximate surface area is 125 Å². The fraction of sp³-hybridized carbons (Fsp3) is 0.125. The molecular formula is C16H12N2O2S. The predicted molar refractivity (Wildman–Crippen MR) is 80.3 cm³/mol. The van der Waals surface area contributed by atoms with Gasteiger partial charge in [0.05, 0.1) is 11.1 Å². The lowest BCUT2D eigenvalue weighted by molar-refractivity contribution is 0.0478. The van der Waals surface area contributed by atoms with Crippen molar-refractivity contribution in [3.05, 3.63) is 63.6 Å². The highest BCUT2D eigenvalue weighted by molar-refractivity contribution is 7.13. The first-order chi connectivity index (χ1) is 10.2. The Kier molecular flexibility index (Phi) is 3.46. The van der Waals surface area contributed by atoms with Crippen LogP contribution in [0.1, 0.15) is 25.7 Å². The molecule has 3 aromatic rings. The van der Waals surface area contributed by atoms with Crippen LogP contribution in [0, 0.1) is 18.3 Å². The van der Waals surface area contributed by atoms with Gasteiger partial charge in [0.25, 0.3) is 0 Å². The Balaban J connectivity index is 1.82. The van der Waals surface area contributed by atoms with Crippen molar-refractivity contribution in [2.75, 3.05) is 0 Å². The monoisotopic (exact) mass is 296 g/mol. The molecule has 0 aromatic carbocycles. The maximum atomic E-state index is 11.9. The number of ether oxygens (including phenoxy) is 1. The smallest absolute Gasteiger partial charge is 0.348 e. The van der Waals surface area contributed by atoms with Crippen LogP contribution in [0.4, 0.5) is 0 Å². The summed E-state index contributed by atoms with van der Waals surface area (Å²) < 4.78 is 7.16. The van der Waals surface area contributed by atoms with Crippen molar-refractivity contribution in [3.63, 3.8) is 0 Å². The largest absolute Gasteiger partial charge is 0.457 e. The van der Waals surface area contributed by atoms with Crippen LogP contribution < -0.4 is 0 Å². The summed E-state index contributed by atoms with van der Waals surface area (Å²) in [4.78, 5) is 13.6. The number of carbonyl (C=O) groups is 1. The van der Waals surface area contributed by atoms with Crippen molar-refractivity contribution < 1.29 is 9.53 Å². The van der Waals surface area contributed by atoms with Crippen molar-refractivity contribution in [2.45, 2.75) is 13.5 Å². The molecule has 0 N–H and O–H groups in total. The van der Waals surface area contributed by atoms with Gasteiger partial charge >= 0.3 is 5.97 Å². The second kappa shape index (κ2) is 5.43. The minimum absolute atomic E-state index is 0.0976. The topological polar surface area (TPSA) is 54.5 Å². The number of carbonyl (C=O) groups excluding carboxylic acids is 1. The third-order valence-electron chi connectivity index (χ3n) is 3.17. The van der Waals surface area contributed by atoms with E-state index in [1.54, 1.807) is 6.07 Å². The minimum atomic E-state index is -0.354. The summed E-state index contributed by atoms with van der Waals surface area (Å²) in [5.74, 6) is -0.354. The first-order valence-electron chi connectivity index (χ1n) is 6.41. The molecule has 0 aliphatic heterocycles. The lowest BCUT2D eigenvalue weighted by Crippen LogP contribution is -2.03. The number of aromatic nitrogens is 1. The Hall–Kier alpha value is -2.58. The normalized spacial score (nSPS) is 10.5. The van der Waals surface area contributed by atoms with E-state index in [1.807, 2.05) is 48.0 Å². The van der Waals surface area contributed by atoms with Gasteiger partial charge in [0.1, 0.15) is 17.6 Å². The van der Waals surface area contributed by atoms with E-state index in [4.69, 9.17) is 4.74 Å². The van der Waals surface area contributed by atoms with E-state index in [0.717, 1.165) is 10.4 Å². The summed E-state index contributed by atoms with van der Waals surface area (Å²) >= 11 is 1.40. The van der Waals surface area contributed by atoms with Crippen LogP contribution in [0.15, 0.2) is 42.7 Å². The molecule has 3 aromatic heterocycles. The number of fused-ring (bicyclic) bond motifs is 1. The van der Waals surface area contributed by atoms with Gasteiger partial charge in [0.15, 0.2) is 0 Å². The van der Waals surface area contributed by atoms with Crippen molar-refractivity contribution in [3.8, 4) is 6.07 Å². The summed E-state index contributed by atoms with van der Waals surface area (Å²) in [6.45, 7) is 2.04. The molecular weight excluding hydrogens is 284 g/mol. The van der Waals surface area contributed by atoms with Crippen LogP contribution in [-0.2, 0) is 11.3 Å². The van der Waals surface area contributed by atoms with E-state index >= 15 is 0 Å². The van der Waals surface area contributed by atoms with Crippen LogP contribution in [0.3, 0.4) is 0 Å². The van der Waals surface area contributed by atoms with E-state index in [2.05, 4.69) is 6.07 Å². The molecule has 0 fully saturated rings. The summed E-state index contributed by atoms with van der Waals surface area (Å²) in [6.07, 6.45) is 3.69. The summed E-state index contributed by atoms with van der Waals surface area (Å²) in [6, 6.07) is 11.4. The molecule has 0 aliphatic carbocycles. The van der Waals surface area contributed by atoms with Gasteiger partial charge in [-0.25, -0.2) is 4.79 Å². The number of hydrogen-bond acceptors (Lipinski definition) is 4. The van der Waals surface area contributed by atoms with Crippen LogP contribution in [0.5, 0.6) is 0 Å². The SMILES string of the molecule is Cc1ccc(C(=O)OCc2cn3ccccc3c2C#N)s1. The number of rotatable bonds is 3. The van der Waals surface area contributed by atoms with Crippen LogP contribution in [0.2, 0.25) is 0 Å². The standard InChI is InChI=1S/C16H12N2O2S/c1-11-5-6-15(21-11)16(19)20-10-12-9-18-7-3-2-4-14(18)13(12)8-17/h2-7,9H,10H2,1H3. The van der Waals surface area contributed by atoms with E-state index < -0.39 is 0 Å². The van der Waals surface area contributed by atoms with E-state index in [0.29, 0.717) is 16.0 Å². The Morgan fingerprint density at radius 2 is 2.24 bits per heavy atom. The average Bonchev–Trinajstić information content (AvgIpc) is 3.07. The van der Waals surface area contributed by atoms with Gasteiger partial charge in [0, 0.05) is 22.8 Å².